The van der Waals surface area contributed by atoms with Gasteiger partial charge >= 0.3 is 12.3 Å². The van der Waals surface area contributed by atoms with E-state index in [1.165, 1.54) is 25.3 Å². The summed E-state index contributed by atoms with van der Waals surface area (Å²) in [6.07, 6.45) is -4.80. The van der Waals surface area contributed by atoms with Gasteiger partial charge in [0.1, 0.15) is 15.6 Å². The van der Waals surface area contributed by atoms with Gasteiger partial charge < -0.3 is 9.47 Å². The standard InChI is InChI=1S/C13H10F3NO3S/c1-7-10(12(18)19-2)21-11(17-7)8-5-3-4-6-9(8)20-13(14,15)16/h3-6H,1-2H3. The second-order valence-corrected chi connectivity index (χ2v) is 4.97. The monoisotopic (exact) mass is 317 g/mol. The van der Waals surface area contributed by atoms with Crippen molar-refractivity contribution in [3.05, 3.63) is 34.8 Å². The maximum atomic E-state index is 12.4. The second kappa shape index (κ2) is 5.72. The molecule has 0 fully saturated rings. The lowest BCUT2D eigenvalue weighted by molar-refractivity contribution is -0.274. The van der Waals surface area contributed by atoms with Crippen molar-refractivity contribution in [1.82, 2.24) is 4.98 Å². The number of halogens is 3. The van der Waals surface area contributed by atoms with Gasteiger partial charge in [-0.05, 0) is 19.1 Å². The van der Waals surface area contributed by atoms with Crippen LogP contribution in [0, 0.1) is 6.92 Å². The average molecular weight is 317 g/mol. The molecular weight excluding hydrogens is 307 g/mol. The largest absolute Gasteiger partial charge is 0.573 e. The fraction of sp³-hybridized carbons (Fsp3) is 0.231. The molecule has 0 aliphatic rings. The SMILES string of the molecule is COC(=O)c1sc(-c2ccccc2OC(F)(F)F)nc1C. The molecule has 0 saturated heterocycles. The minimum Gasteiger partial charge on any atom is -0.465 e. The highest BCUT2D eigenvalue weighted by atomic mass is 32.1. The molecule has 8 heteroatoms. The summed E-state index contributed by atoms with van der Waals surface area (Å²) in [4.78, 5) is 15.9. The lowest BCUT2D eigenvalue weighted by atomic mass is 10.2. The van der Waals surface area contributed by atoms with Gasteiger partial charge in [-0.1, -0.05) is 12.1 Å². The van der Waals surface area contributed by atoms with Crippen LogP contribution in [0.5, 0.6) is 5.75 Å². The Labute approximate surface area is 122 Å². The Bertz CT molecular complexity index is 667. The van der Waals surface area contributed by atoms with E-state index >= 15 is 0 Å². The van der Waals surface area contributed by atoms with E-state index in [0.717, 1.165) is 11.3 Å². The number of para-hydroxylation sites is 1. The number of nitrogens with zero attached hydrogens (tertiary/aromatic N) is 1. The van der Waals surface area contributed by atoms with Gasteiger partial charge in [0.2, 0.25) is 0 Å². The van der Waals surface area contributed by atoms with Crippen LogP contribution in [0.4, 0.5) is 13.2 Å². The molecule has 0 radical (unpaired) electrons. The Morgan fingerprint density at radius 3 is 2.57 bits per heavy atom. The molecule has 112 valence electrons. The van der Waals surface area contributed by atoms with E-state index in [0.29, 0.717) is 5.69 Å². The van der Waals surface area contributed by atoms with Crippen LogP contribution < -0.4 is 4.74 Å². The minimum absolute atomic E-state index is 0.165. The van der Waals surface area contributed by atoms with Crippen molar-refractivity contribution in [2.75, 3.05) is 7.11 Å². The van der Waals surface area contributed by atoms with Gasteiger partial charge in [0.15, 0.2) is 0 Å². The minimum atomic E-state index is -4.80. The summed E-state index contributed by atoms with van der Waals surface area (Å²) >= 11 is 0.952. The van der Waals surface area contributed by atoms with Crippen LogP contribution in [-0.4, -0.2) is 24.4 Å². The summed E-state index contributed by atoms with van der Waals surface area (Å²) in [6.45, 7) is 1.58. The molecule has 0 saturated carbocycles. The Hall–Kier alpha value is -2.09. The molecule has 2 rings (SSSR count). The molecular formula is C13H10F3NO3S. The van der Waals surface area contributed by atoms with E-state index in [4.69, 9.17) is 0 Å². The summed E-state index contributed by atoms with van der Waals surface area (Å²) in [5.41, 5.74) is 0.557. The van der Waals surface area contributed by atoms with E-state index in [9.17, 15) is 18.0 Å². The zero-order chi connectivity index (χ0) is 15.6. The van der Waals surface area contributed by atoms with E-state index in [2.05, 4.69) is 14.5 Å². The number of methoxy groups -OCH3 is 1. The lowest BCUT2D eigenvalue weighted by Crippen LogP contribution is -2.17. The van der Waals surface area contributed by atoms with Crippen LogP contribution in [0.3, 0.4) is 0 Å². The smallest absolute Gasteiger partial charge is 0.465 e. The van der Waals surface area contributed by atoms with Gasteiger partial charge in [-0.2, -0.15) is 0 Å². The maximum absolute atomic E-state index is 12.4. The number of benzene rings is 1. The van der Waals surface area contributed by atoms with Gasteiger partial charge in [-0.15, -0.1) is 24.5 Å². The normalized spacial score (nSPS) is 11.3. The number of carbonyl (C=O) groups excluding carboxylic acids is 1. The number of aryl methyl sites for hydroxylation is 1. The molecule has 0 aliphatic carbocycles. The second-order valence-electron chi connectivity index (χ2n) is 3.97. The third-order valence-electron chi connectivity index (χ3n) is 2.51. The number of hydrogen-bond donors (Lipinski definition) is 0. The molecule has 0 bridgehead atoms. The Morgan fingerprint density at radius 1 is 1.29 bits per heavy atom. The summed E-state index contributed by atoms with van der Waals surface area (Å²) in [5.74, 6) is -0.944. The third kappa shape index (κ3) is 3.52. The van der Waals surface area contributed by atoms with Crippen LogP contribution in [0.25, 0.3) is 10.6 Å². The van der Waals surface area contributed by atoms with Crippen molar-refractivity contribution in [3.8, 4) is 16.3 Å². The first-order valence-electron chi connectivity index (χ1n) is 5.72. The molecule has 1 aromatic heterocycles. The van der Waals surface area contributed by atoms with E-state index in [-0.39, 0.29) is 21.2 Å². The molecule has 1 aromatic carbocycles. The van der Waals surface area contributed by atoms with Crippen molar-refractivity contribution in [2.45, 2.75) is 13.3 Å². The first-order chi connectivity index (χ1) is 9.81. The third-order valence-corrected chi connectivity index (χ3v) is 3.68. The topological polar surface area (TPSA) is 48.4 Å². The molecule has 0 aliphatic heterocycles. The van der Waals surface area contributed by atoms with E-state index in [1.54, 1.807) is 13.0 Å². The quantitative estimate of drug-likeness (QED) is 0.808. The highest BCUT2D eigenvalue weighted by Crippen LogP contribution is 2.36. The van der Waals surface area contributed by atoms with Gasteiger partial charge in [0, 0.05) is 0 Å². The predicted molar refractivity (Wildman–Crippen MR) is 70.3 cm³/mol. The van der Waals surface area contributed by atoms with Crippen molar-refractivity contribution in [3.63, 3.8) is 0 Å². The van der Waals surface area contributed by atoms with Crippen LogP contribution >= 0.6 is 11.3 Å². The molecule has 0 amide bonds. The number of thiazole rings is 1. The Morgan fingerprint density at radius 2 is 1.95 bits per heavy atom. The number of alkyl halides is 3. The average Bonchev–Trinajstić information content (AvgIpc) is 2.78. The molecule has 2 aromatic rings. The highest BCUT2D eigenvalue weighted by Gasteiger charge is 2.32. The lowest BCUT2D eigenvalue weighted by Gasteiger charge is -2.11. The summed E-state index contributed by atoms with van der Waals surface area (Å²) < 4.78 is 45.7. The Balaban J connectivity index is 2.45. The molecule has 0 N–H and O–H groups in total. The van der Waals surface area contributed by atoms with Crippen molar-refractivity contribution < 1.29 is 27.4 Å². The van der Waals surface area contributed by atoms with Crippen molar-refractivity contribution >= 4 is 17.3 Å². The molecule has 1 heterocycles. The summed E-state index contributed by atoms with van der Waals surface area (Å²) in [7, 11) is 1.22. The van der Waals surface area contributed by atoms with Crippen molar-refractivity contribution in [1.29, 1.82) is 0 Å². The maximum Gasteiger partial charge on any atom is 0.573 e. The van der Waals surface area contributed by atoms with Crippen LogP contribution in [0.15, 0.2) is 24.3 Å². The molecule has 0 spiro atoms. The zero-order valence-electron chi connectivity index (χ0n) is 11.0. The molecule has 0 atom stereocenters. The fourth-order valence-corrected chi connectivity index (χ4v) is 2.67. The van der Waals surface area contributed by atoms with Crippen LogP contribution in [-0.2, 0) is 4.74 Å². The number of aromatic nitrogens is 1. The number of rotatable bonds is 3. The fourth-order valence-electron chi connectivity index (χ4n) is 1.65. The summed E-state index contributed by atoms with van der Waals surface area (Å²) in [6, 6.07) is 5.62. The van der Waals surface area contributed by atoms with Crippen LogP contribution in [0.1, 0.15) is 15.4 Å². The molecule has 0 unspecified atom stereocenters. The first kappa shape index (κ1) is 15.3. The number of ether oxygens (including phenoxy) is 2. The Kier molecular flexibility index (Phi) is 4.17. The first-order valence-corrected chi connectivity index (χ1v) is 6.54. The van der Waals surface area contributed by atoms with Crippen LogP contribution in [0.2, 0.25) is 0 Å². The molecule has 4 nitrogen and oxygen atoms in total. The van der Waals surface area contributed by atoms with Gasteiger partial charge in [0.05, 0.1) is 18.4 Å². The number of esters is 1. The van der Waals surface area contributed by atoms with E-state index in [1.807, 2.05) is 0 Å². The van der Waals surface area contributed by atoms with Crippen molar-refractivity contribution in [2.24, 2.45) is 0 Å². The van der Waals surface area contributed by atoms with Gasteiger partial charge in [-0.3, -0.25) is 0 Å². The summed E-state index contributed by atoms with van der Waals surface area (Å²) in [5, 5.41) is 0.257. The van der Waals surface area contributed by atoms with Gasteiger partial charge in [0.25, 0.3) is 0 Å². The van der Waals surface area contributed by atoms with E-state index < -0.39 is 12.3 Å². The highest BCUT2D eigenvalue weighted by molar-refractivity contribution is 7.17. The molecule has 21 heavy (non-hydrogen) atoms. The zero-order valence-corrected chi connectivity index (χ0v) is 11.8. The number of carbonyl (C=O) groups is 1. The van der Waals surface area contributed by atoms with Gasteiger partial charge in [-0.25, -0.2) is 9.78 Å². The number of hydrogen-bond acceptors (Lipinski definition) is 5. The predicted octanol–water partition coefficient (Wildman–Crippen LogP) is 3.80.